The van der Waals surface area contributed by atoms with Crippen LogP contribution in [0.1, 0.15) is 50.5 Å². The molecule has 31 heavy (non-hydrogen) atoms. The number of carbonyl (C=O) groups is 2. The van der Waals surface area contributed by atoms with Crippen LogP contribution in [0.3, 0.4) is 0 Å². The number of amides is 2. The summed E-state index contributed by atoms with van der Waals surface area (Å²) >= 11 is 0. The molecule has 1 aromatic heterocycles. The summed E-state index contributed by atoms with van der Waals surface area (Å²) in [7, 11) is 1.50. The van der Waals surface area contributed by atoms with E-state index in [1.807, 2.05) is 6.07 Å². The van der Waals surface area contributed by atoms with Gasteiger partial charge in [-0.15, -0.1) is 0 Å². The Labute approximate surface area is 182 Å². The summed E-state index contributed by atoms with van der Waals surface area (Å²) in [6.07, 6.45) is 3.51. The molecule has 3 rings (SSSR count). The van der Waals surface area contributed by atoms with Crippen molar-refractivity contribution in [1.82, 2.24) is 15.3 Å². The lowest BCUT2D eigenvalue weighted by Crippen LogP contribution is -2.48. The van der Waals surface area contributed by atoms with E-state index in [4.69, 9.17) is 5.73 Å². The van der Waals surface area contributed by atoms with Crippen molar-refractivity contribution in [3.63, 3.8) is 0 Å². The zero-order chi connectivity index (χ0) is 22.7. The maximum absolute atomic E-state index is 12.4. The van der Waals surface area contributed by atoms with Gasteiger partial charge in [0.1, 0.15) is 0 Å². The Hall–Kier alpha value is -3.16. The number of anilines is 2. The number of nitrogens with one attached hydrogen (secondary N) is 1. The van der Waals surface area contributed by atoms with Crippen molar-refractivity contribution in [2.24, 2.45) is 17.8 Å². The van der Waals surface area contributed by atoms with Gasteiger partial charge in [-0.05, 0) is 42.7 Å². The fourth-order valence-electron chi connectivity index (χ4n) is 4.53. The molecule has 1 aromatic carbocycles. The number of nitrogens with zero attached hydrogens (tertiary/aromatic N) is 3. The Balaban J connectivity index is 2.02. The maximum Gasteiger partial charge on any atom is 0.412 e. The van der Waals surface area contributed by atoms with Crippen LogP contribution in [-0.2, 0) is 0 Å². The van der Waals surface area contributed by atoms with Gasteiger partial charge in [-0.2, -0.15) is 0 Å². The van der Waals surface area contributed by atoms with Crippen molar-refractivity contribution in [2.75, 3.05) is 17.7 Å². The van der Waals surface area contributed by atoms with Crippen LogP contribution in [0.25, 0.3) is 11.3 Å². The molecule has 0 unspecified atom stereocenters. The van der Waals surface area contributed by atoms with Crippen molar-refractivity contribution in [3.05, 3.63) is 36.2 Å². The van der Waals surface area contributed by atoms with Crippen LogP contribution in [0.5, 0.6) is 0 Å². The van der Waals surface area contributed by atoms with Crippen molar-refractivity contribution in [3.8, 4) is 11.3 Å². The number of aromatic nitrogens is 2. The molecular formula is C23H31N5O3. The number of carbonyl (C=O) groups excluding carboxylic acids is 1. The number of carboxylic acid groups (broad SMARTS) is 1. The summed E-state index contributed by atoms with van der Waals surface area (Å²) in [5.41, 5.74) is 7.56. The summed E-state index contributed by atoms with van der Waals surface area (Å²) in [5.74, 6) is 0.782. The number of benzene rings is 1. The number of nitrogens with two attached hydrogens (primary N) is 1. The molecule has 0 radical (unpaired) electrons. The highest BCUT2D eigenvalue weighted by Crippen LogP contribution is 2.39. The zero-order valence-electron chi connectivity index (χ0n) is 18.5. The molecular weight excluding hydrogens is 394 g/mol. The maximum atomic E-state index is 12.4. The Morgan fingerprint density at radius 1 is 1.29 bits per heavy atom. The molecule has 8 nitrogen and oxygen atoms in total. The molecule has 8 heteroatoms. The van der Waals surface area contributed by atoms with Crippen LogP contribution in [0.4, 0.5) is 16.3 Å². The number of hydrogen-bond donors (Lipinski definition) is 3. The molecule has 3 atom stereocenters. The quantitative estimate of drug-likeness (QED) is 0.665. The van der Waals surface area contributed by atoms with Gasteiger partial charge in [0.15, 0.2) is 11.5 Å². The van der Waals surface area contributed by atoms with Gasteiger partial charge in [-0.3, -0.25) is 9.69 Å². The van der Waals surface area contributed by atoms with Gasteiger partial charge in [-0.25, -0.2) is 14.8 Å². The first kappa shape index (κ1) is 22.5. The minimum atomic E-state index is -0.962. The molecule has 0 spiro atoms. The molecule has 2 aromatic rings. The monoisotopic (exact) mass is 425 g/mol. The van der Waals surface area contributed by atoms with E-state index in [1.165, 1.54) is 18.1 Å². The van der Waals surface area contributed by atoms with Crippen LogP contribution < -0.4 is 16.0 Å². The predicted molar refractivity (Wildman–Crippen MR) is 121 cm³/mol. The Morgan fingerprint density at radius 2 is 2.03 bits per heavy atom. The fourth-order valence-corrected chi connectivity index (χ4v) is 4.53. The average Bonchev–Trinajstić information content (AvgIpc) is 2.73. The van der Waals surface area contributed by atoms with Crippen LogP contribution in [0, 0.1) is 17.8 Å². The van der Waals surface area contributed by atoms with E-state index in [1.54, 1.807) is 18.2 Å². The smallest absolute Gasteiger partial charge is 0.412 e. The third-order valence-corrected chi connectivity index (χ3v) is 6.19. The largest absolute Gasteiger partial charge is 0.465 e. The van der Waals surface area contributed by atoms with Crippen molar-refractivity contribution < 1.29 is 14.7 Å². The van der Waals surface area contributed by atoms with Crippen LogP contribution >= 0.6 is 0 Å². The highest BCUT2D eigenvalue weighted by atomic mass is 16.4. The first-order valence-corrected chi connectivity index (χ1v) is 10.7. The van der Waals surface area contributed by atoms with Crippen LogP contribution in [0.15, 0.2) is 30.5 Å². The van der Waals surface area contributed by atoms with Gasteiger partial charge in [-0.1, -0.05) is 39.3 Å². The normalized spacial score (nSPS) is 21.0. The number of hydrogen-bond acceptors (Lipinski definition) is 5. The molecule has 0 saturated heterocycles. The van der Waals surface area contributed by atoms with Crippen LogP contribution in [-0.4, -0.2) is 40.2 Å². The lowest BCUT2D eigenvalue weighted by molar-refractivity contribution is 0.0959. The first-order chi connectivity index (χ1) is 14.7. The van der Waals surface area contributed by atoms with E-state index >= 15 is 0 Å². The van der Waals surface area contributed by atoms with Crippen molar-refractivity contribution in [2.45, 2.75) is 46.1 Å². The fraction of sp³-hybridized carbons (Fsp3) is 0.478. The third-order valence-electron chi connectivity index (χ3n) is 6.19. The summed E-state index contributed by atoms with van der Waals surface area (Å²) in [4.78, 5) is 34.4. The predicted octanol–water partition coefficient (Wildman–Crippen LogP) is 4.03. The summed E-state index contributed by atoms with van der Waals surface area (Å²) < 4.78 is 0. The standard InChI is InChI=1S/C23H31N5O3/c1-13(2)17-9-8-14(3)10-19(17)28(23(30)31)16-7-5-6-15(11-16)18-12-26-21(24)20(27-18)22(29)25-4/h5-7,11-14,17,19H,8-10H2,1-4H3,(H2,24,26)(H,25,29)(H,30,31)/t14-,17+,19-/m1/s1. The minimum absolute atomic E-state index is 0.0430. The van der Waals surface area contributed by atoms with Gasteiger partial charge in [0, 0.05) is 24.3 Å². The molecule has 1 aliphatic rings. The summed E-state index contributed by atoms with van der Waals surface area (Å²) in [5, 5.41) is 12.6. The number of nitrogen functional groups attached to an aromatic ring is 1. The molecule has 0 aliphatic heterocycles. The van der Waals surface area contributed by atoms with E-state index in [9.17, 15) is 14.7 Å². The lowest BCUT2D eigenvalue weighted by atomic mass is 9.73. The van der Waals surface area contributed by atoms with Gasteiger partial charge < -0.3 is 16.2 Å². The Bertz CT molecular complexity index is 962. The van der Waals surface area contributed by atoms with E-state index in [0.717, 1.165) is 19.3 Å². The second-order valence-corrected chi connectivity index (χ2v) is 8.66. The van der Waals surface area contributed by atoms with Gasteiger partial charge in [0.25, 0.3) is 5.91 Å². The molecule has 1 fully saturated rings. The lowest BCUT2D eigenvalue weighted by Gasteiger charge is -2.42. The molecule has 2 amide bonds. The molecule has 1 heterocycles. The van der Waals surface area contributed by atoms with E-state index in [0.29, 0.717) is 34.7 Å². The SMILES string of the molecule is CNC(=O)c1nc(-c2cccc(N(C(=O)O)[C@@H]3C[C@H](C)CC[C@H]3C(C)C)c2)cnc1N. The van der Waals surface area contributed by atoms with Gasteiger partial charge >= 0.3 is 6.09 Å². The Morgan fingerprint density at radius 3 is 2.68 bits per heavy atom. The average molecular weight is 426 g/mol. The summed E-state index contributed by atoms with van der Waals surface area (Å²) in [6, 6.07) is 7.13. The highest BCUT2D eigenvalue weighted by molar-refractivity contribution is 5.96. The zero-order valence-corrected chi connectivity index (χ0v) is 18.5. The van der Waals surface area contributed by atoms with Crippen LogP contribution in [0.2, 0.25) is 0 Å². The molecule has 166 valence electrons. The van der Waals surface area contributed by atoms with Gasteiger partial charge in [0.05, 0.1) is 11.9 Å². The second kappa shape index (κ2) is 9.32. The second-order valence-electron chi connectivity index (χ2n) is 8.66. The molecule has 4 N–H and O–H groups in total. The van der Waals surface area contributed by atoms with E-state index in [2.05, 4.69) is 36.1 Å². The topological polar surface area (TPSA) is 121 Å². The molecule has 0 bridgehead atoms. The highest BCUT2D eigenvalue weighted by Gasteiger charge is 2.37. The van der Waals surface area contributed by atoms with Crippen molar-refractivity contribution in [1.29, 1.82) is 0 Å². The number of rotatable bonds is 5. The molecule has 1 aliphatic carbocycles. The van der Waals surface area contributed by atoms with E-state index in [-0.39, 0.29) is 17.6 Å². The summed E-state index contributed by atoms with van der Waals surface area (Å²) in [6.45, 7) is 6.51. The van der Waals surface area contributed by atoms with Gasteiger partial charge in [0.2, 0.25) is 0 Å². The third kappa shape index (κ3) is 4.78. The van der Waals surface area contributed by atoms with Crippen molar-refractivity contribution >= 4 is 23.5 Å². The molecule has 1 saturated carbocycles. The Kier molecular flexibility index (Phi) is 6.77. The van der Waals surface area contributed by atoms with E-state index < -0.39 is 12.0 Å². The minimum Gasteiger partial charge on any atom is -0.465 e. The first-order valence-electron chi connectivity index (χ1n) is 10.7.